The average Bonchev–Trinajstić information content (AvgIpc) is 2.61. The van der Waals surface area contributed by atoms with E-state index in [-0.39, 0.29) is 23.5 Å². The highest BCUT2D eigenvalue weighted by Crippen LogP contribution is 2.06. The van der Waals surface area contributed by atoms with E-state index in [0.717, 1.165) is 11.1 Å². The Labute approximate surface area is 137 Å². The molecule has 0 saturated heterocycles. The zero-order valence-corrected chi connectivity index (χ0v) is 13.0. The second kappa shape index (κ2) is 6.59. The molecule has 7 nitrogen and oxygen atoms in total. The number of hydrogen-bond donors (Lipinski definition) is 3. The SMILES string of the molecule is Cc1ccc(CNC(=O)c2c[nH]c3cnc(CO)nc3c2=O)cc1. The summed E-state index contributed by atoms with van der Waals surface area (Å²) in [7, 11) is 0. The summed E-state index contributed by atoms with van der Waals surface area (Å²) in [6.45, 7) is 1.93. The van der Waals surface area contributed by atoms with Crippen molar-refractivity contribution in [3.8, 4) is 0 Å². The fourth-order valence-electron chi connectivity index (χ4n) is 2.27. The van der Waals surface area contributed by atoms with Crippen molar-refractivity contribution in [1.82, 2.24) is 20.3 Å². The minimum atomic E-state index is -0.498. The van der Waals surface area contributed by atoms with E-state index in [1.54, 1.807) is 0 Å². The molecule has 2 aromatic heterocycles. The van der Waals surface area contributed by atoms with Crippen LogP contribution < -0.4 is 10.7 Å². The van der Waals surface area contributed by atoms with Gasteiger partial charge in [-0.25, -0.2) is 9.97 Å². The van der Waals surface area contributed by atoms with E-state index < -0.39 is 11.3 Å². The fourth-order valence-corrected chi connectivity index (χ4v) is 2.27. The number of aliphatic hydroxyl groups excluding tert-OH is 1. The number of fused-ring (bicyclic) bond motifs is 1. The summed E-state index contributed by atoms with van der Waals surface area (Å²) in [6, 6.07) is 7.75. The second-order valence-electron chi connectivity index (χ2n) is 5.41. The molecular weight excluding hydrogens is 308 g/mol. The molecule has 122 valence electrons. The van der Waals surface area contributed by atoms with Crippen molar-refractivity contribution in [3.63, 3.8) is 0 Å². The highest BCUT2D eigenvalue weighted by molar-refractivity contribution is 5.96. The Hall–Kier alpha value is -3.06. The van der Waals surface area contributed by atoms with Gasteiger partial charge in [0.25, 0.3) is 5.91 Å². The van der Waals surface area contributed by atoms with E-state index in [2.05, 4.69) is 20.3 Å². The first-order valence-corrected chi connectivity index (χ1v) is 7.40. The van der Waals surface area contributed by atoms with Crippen molar-refractivity contribution >= 4 is 16.9 Å². The van der Waals surface area contributed by atoms with E-state index in [0.29, 0.717) is 12.1 Å². The molecule has 0 fully saturated rings. The van der Waals surface area contributed by atoms with Crippen molar-refractivity contribution in [3.05, 3.63) is 69.4 Å². The van der Waals surface area contributed by atoms with Crippen molar-refractivity contribution < 1.29 is 9.90 Å². The maximum Gasteiger partial charge on any atom is 0.257 e. The summed E-state index contributed by atoms with van der Waals surface area (Å²) in [5.41, 5.74) is 2.04. The smallest absolute Gasteiger partial charge is 0.257 e. The number of nitrogens with one attached hydrogen (secondary N) is 2. The van der Waals surface area contributed by atoms with Crippen LogP contribution in [-0.4, -0.2) is 26.0 Å². The number of benzene rings is 1. The molecule has 0 radical (unpaired) electrons. The fraction of sp³-hybridized carbons (Fsp3) is 0.176. The lowest BCUT2D eigenvalue weighted by molar-refractivity contribution is 0.0949. The van der Waals surface area contributed by atoms with E-state index in [9.17, 15) is 9.59 Å². The van der Waals surface area contributed by atoms with Gasteiger partial charge in [-0.2, -0.15) is 0 Å². The van der Waals surface area contributed by atoms with E-state index >= 15 is 0 Å². The van der Waals surface area contributed by atoms with Crippen LogP contribution in [0.1, 0.15) is 27.3 Å². The van der Waals surface area contributed by atoms with Crippen molar-refractivity contribution in [2.75, 3.05) is 0 Å². The molecule has 0 unspecified atom stereocenters. The van der Waals surface area contributed by atoms with E-state index in [4.69, 9.17) is 5.11 Å². The molecule has 3 aromatic rings. The lowest BCUT2D eigenvalue weighted by Crippen LogP contribution is -2.29. The van der Waals surface area contributed by atoms with E-state index in [1.807, 2.05) is 31.2 Å². The predicted molar refractivity (Wildman–Crippen MR) is 88.4 cm³/mol. The molecule has 0 bridgehead atoms. The first kappa shape index (κ1) is 15.8. The van der Waals surface area contributed by atoms with Gasteiger partial charge in [-0.15, -0.1) is 0 Å². The molecule has 2 heterocycles. The lowest BCUT2D eigenvalue weighted by Gasteiger charge is -2.06. The van der Waals surface area contributed by atoms with Crippen LogP contribution in [0.4, 0.5) is 0 Å². The van der Waals surface area contributed by atoms with Gasteiger partial charge >= 0.3 is 0 Å². The van der Waals surface area contributed by atoms with E-state index in [1.165, 1.54) is 12.4 Å². The van der Waals surface area contributed by atoms with Crippen LogP contribution in [0.15, 0.2) is 41.5 Å². The maximum atomic E-state index is 12.4. The summed E-state index contributed by atoms with van der Waals surface area (Å²) < 4.78 is 0. The third-order valence-corrected chi connectivity index (χ3v) is 3.63. The van der Waals surface area contributed by atoms with Gasteiger partial charge in [0.1, 0.15) is 17.7 Å². The molecule has 1 amide bonds. The summed E-state index contributed by atoms with van der Waals surface area (Å²) in [5.74, 6) is -0.354. The van der Waals surface area contributed by atoms with Crippen LogP contribution in [0.3, 0.4) is 0 Å². The van der Waals surface area contributed by atoms with Crippen molar-refractivity contribution in [2.24, 2.45) is 0 Å². The number of hydrogen-bond acceptors (Lipinski definition) is 5. The first-order valence-electron chi connectivity index (χ1n) is 7.40. The zero-order chi connectivity index (χ0) is 17.1. The molecule has 0 saturated carbocycles. The number of aliphatic hydroxyl groups is 1. The predicted octanol–water partition coefficient (Wildman–Crippen LogP) is 1.05. The van der Waals surface area contributed by atoms with Crippen LogP contribution >= 0.6 is 0 Å². The first-order chi connectivity index (χ1) is 11.6. The number of aromatic amines is 1. The Morgan fingerprint density at radius 2 is 2.04 bits per heavy atom. The highest BCUT2D eigenvalue weighted by Gasteiger charge is 2.14. The summed E-state index contributed by atoms with van der Waals surface area (Å²) >= 11 is 0. The Bertz CT molecular complexity index is 948. The molecule has 0 aliphatic heterocycles. The molecule has 0 aliphatic carbocycles. The quantitative estimate of drug-likeness (QED) is 0.665. The molecule has 3 N–H and O–H groups in total. The Morgan fingerprint density at radius 3 is 2.75 bits per heavy atom. The maximum absolute atomic E-state index is 12.4. The van der Waals surface area contributed by atoms with Gasteiger partial charge in [-0.3, -0.25) is 9.59 Å². The van der Waals surface area contributed by atoms with Crippen LogP contribution in [-0.2, 0) is 13.2 Å². The minimum Gasteiger partial charge on any atom is -0.388 e. The molecule has 7 heteroatoms. The molecule has 0 spiro atoms. The van der Waals surface area contributed by atoms with Gasteiger partial charge in [-0.1, -0.05) is 29.8 Å². The van der Waals surface area contributed by atoms with Crippen LogP contribution in [0.25, 0.3) is 11.0 Å². The molecule has 3 rings (SSSR count). The molecular formula is C17H16N4O3. The summed E-state index contributed by atoms with van der Waals surface area (Å²) in [6.07, 6.45) is 2.75. The summed E-state index contributed by atoms with van der Waals surface area (Å²) in [5, 5.41) is 11.8. The minimum absolute atomic E-state index is 0.0304. The number of H-pyrrole nitrogens is 1. The van der Waals surface area contributed by atoms with Crippen molar-refractivity contribution in [2.45, 2.75) is 20.1 Å². The number of amides is 1. The van der Waals surface area contributed by atoms with Gasteiger partial charge in [-0.05, 0) is 12.5 Å². The molecule has 0 aliphatic rings. The van der Waals surface area contributed by atoms with Crippen LogP contribution in [0.2, 0.25) is 0 Å². The lowest BCUT2D eigenvalue weighted by atomic mass is 10.1. The number of aryl methyl sites for hydroxylation is 1. The van der Waals surface area contributed by atoms with Gasteiger partial charge in [0.2, 0.25) is 5.43 Å². The number of pyridine rings is 1. The molecule has 24 heavy (non-hydrogen) atoms. The molecule has 0 atom stereocenters. The Kier molecular flexibility index (Phi) is 4.35. The largest absolute Gasteiger partial charge is 0.388 e. The van der Waals surface area contributed by atoms with Gasteiger partial charge in [0.15, 0.2) is 5.82 Å². The van der Waals surface area contributed by atoms with Crippen LogP contribution in [0, 0.1) is 6.92 Å². The third-order valence-electron chi connectivity index (χ3n) is 3.63. The van der Waals surface area contributed by atoms with Crippen LogP contribution in [0.5, 0.6) is 0 Å². The topological polar surface area (TPSA) is 108 Å². The average molecular weight is 324 g/mol. The Morgan fingerprint density at radius 1 is 1.29 bits per heavy atom. The number of aromatic nitrogens is 3. The second-order valence-corrected chi connectivity index (χ2v) is 5.41. The molecule has 1 aromatic carbocycles. The standard InChI is InChI=1S/C17H16N4O3/c1-10-2-4-11(5-3-10)6-20-17(24)12-7-18-13-8-19-14(9-22)21-15(13)16(12)23/h2-5,7-8,22H,6,9H2,1H3,(H,18,23)(H,20,24). The number of carbonyl (C=O) groups is 1. The monoisotopic (exact) mass is 324 g/mol. The number of carbonyl (C=O) groups excluding carboxylic acids is 1. The highest BCUT2D eigenvalue weighted by atomic mass is 16.3. The van der Waals surface area contributed by atoms with Crippen molar-refractivity contribution in [1.29, 1.82) is 0 Å². The van der Waals surface area contributed by atoms with Gasteiger partial charge < -0.3 is 15.4 Å². The zero-order valence-electron chi connectivity index (χ0n) is 13.0. The van der Waals surface area contributed by atoms with Gasteiger partial charge in [0.05, 0.1) is 11.7 Å². The summed E-state index contributed by atoms with van der Waals surface area (Å²) in [4.78, 5) is 35.4. The van der Waals surface area contributed by atoms with Gasteiger partial charge in [0, 0.05) is 12.7 Å². The number of nitrogens with zero attached hydrogens (tertiary/aromatic N) is 2. The third kappa shape index (κ3) is 3.16. The Balaban J connectivity index is 1.85. The normalized spacial score (nSPS) is 10.8. The number of rotatable bonds is 4.